The smallest absolute Gasteiger partial charge is 0.0476 e. The van der Waals surface area contributed by atoms with Gasteiger partial charge in [-0.05, 0) is 6.42 Å². The Morgan fingerprint density at radius 2 is 2.12 bits per heavy atom. The minimum absolute atomic E-state index is 0.329. The first-order valence-corrected chi connectivity index (χ1v) is 3.64. The van der Waals surface area contributed by atoms with Crippen molar-refractivity contribution < 1.29 is 14.3 Å². The summed E-state index contributed by atoms with van der Waals surface area (Å²) in [6, 6.07) is 0. The molecule has 0 aliphatic rings. The van der Waals surface area contributed by atoms with Crippen LogP contribution >= 0.6 is 8.60 Å². The lowest BCUT2D eigenvalue weighted by Gasteiger charge is -2.28. The Labute approximate surface area is 50.3 Å². The third-order valence-electron chi connectivity index (χ3n) is 0.695. The fourth-order valence-corrected chi connectivity index (χ4v) is 0.562. The summed E-state index contributed by atoms with van der Waals surface area (Å²) < 4.78 is 4.24. The van der Waals surface area contributed by atoms with Gasteiger partial charge in [-0.15, -0.1) is 0 Å². The zero-order chi connectivity index (χ0) is 6.41. The van der Waals surface area contributed by atoms with Crippen molar-refractivity contribution in [1.29, 1.82) is 0 Å². The third kappa shape index (κ3) is 6.31. The molecule has 0 rings (SSSR count). The molecule has 0 saturated carbocycles. The van der Waals surface area contributed by atoms with Crippen LogP contribution in [0, 0.1) is 0 Å². The van der Waals surface area contributed by atoms with Crippen LogP contribution in [0.4, 0.5) is 0 Å². The van der Waals surface area contributed by atoms with Crippen molar-refractivity contribution in [2.75, 3.05) is 6.61 Å². The van der Waals surface area contributed by atoms with Crippen LogP contribution in [0.1, 0.15) is 19.8 Å². The van der Waals surface area contributed by atoms with Crippen molar-refractivity contribution >= 4 is 8.60 Å². The van der Waals surface area contributed by atoms with Crippen LogP contribution in [-0.2, 0) is 4.52 Å². The maximum atomic E-state index is 9.69. The van der Waals surface area contributed by atoms with Gasteiger partial charge in [-0.2, -0.15) is 8.60 Å². The van der Waals surface area contributed by atoms with Gasteiger partial charge in [0.2, 0.25) is 0 Å². The summed E-state index contributed by atoms with van der Waals surface area (Å²) >= 11 is 0. The Morgan fingerprint density at radius 3 is 2.50 bits per heavy atom. The number of hydrogen-bond donors (Lipinski definition) is 0. The lowest BCUT2D eigenvalue weighted by Crippen LogP contribution is -2.10. The molecule has 0 bridgehead atoms. The molecule has 0 unspecified atom stereocenters. The van der Waals surface area contributed by atoms with Crippen LogP contribution in [-0.4, -0.2) is 6.61 Å². The molecule has 3 nitrogen and oxygen atoms in total. The van der Waals surface area contributed by atoms with Crippen LogP contribution < -0.4 is 9.79 Å². The highest BCUT2D eigenvalue weighted by molar-refractivity contribution is 7.36. The summed E-state index contributed by atoms with van der Waals surface area (Å²) in [5, 5.41) is 0. The van der Waals surface area contributed by atoms with Crippen molar-refractivity contribution in [3.8, 4) is 0 Å². The molecule has 0 N–H and O–H groups in total. The Morgan fingerprint density at radius 1 is 1.50 bits per heavy atom. The summed E-state index contributed by atoms with van der Waals surface area (Å²) in [7, 11) is -2.61. The molecule has 0 aromatic carbocycles. The lowest BCUT2D eigenvalue weighted by molar-refractivity contribution is -0.318. The van der Waals surface area contributed by atoms with Gasteiger partial charge in [0.15, 0.2) is 0 Å². The van der Waals surface area contributed by atoms with Crippen LogP contribution in [0.2, 0.25) is 0 Å². The average Bonchev–Trinajstić information content (AvgIpc) is 1.66. The van der Waals surface area contributed by atoms with Gasteiger partial charge < -0.3 is 14.3 Å². The van der Waals surface area contributed by atoms with E-state index < -0.39 is 8.60 Å². The van der Waals surface area contributed by atoms with Gasteiger partial charge in [0, 0.05) is 6.61 Å². The molecule has 0 aromatic rings. The van der Waals surface area contributed by atoms with Crippen molar-refractivity contribution in [2.45, 2.75) is 19.8 Å². The molecule has 4 heteroatoms. The molecule has 50 valence electrons. The highest BCUT2D eigenvalue weighted by atomic mass is 31.2. The van der Waals surface area contributed by atoms with E-state index in [-0.39, 0.29) is 0 Å². The van der Waals surface area contributed by atoms with Crippen LogP contribution in [0.15, 0.2) is 0 Å². The van der Waals surface area contributed by atoms with E-state index in [4.69, 9.17) is 0 Å². The van der Waals surface area contributed by atoms with Gasteiger partial charge in [0.1, 0.15) is 0 Å². The van der Waals surface area contributed by atoms with Crippen molar-refractivity contribution in [1.82, 2.24) is 0 Å². The van der Waals surface area contributed by atoms with E-state index in [0.717, 1.165) is 12.8 Å². The van der Waals surface area contributed by atoms with Crippen LogP contribution in [0.25, 0.3) is 0 Å². The lowest BCUT2D eigenvalue weighted by atomic mass is 10.4. The second-order valence-electron chi connectivity index (χ2n) is 1.41. The molecule has 0 aliphatic carbocycles. The van der Waals surface area contributed by atoms with E-state index in [1.807, 2.05) is 6.92 Å². The topological polar surface area (TPSA) is 55.3 Å². The first-order valence-electron chi connectivity index (χ1n) is 2.54. The normalized spacial score (nSPS) is 10.5. The molecule has 0 saturated heterocycles. The van der Waals surface area contributed by atoms with Crippen molar-refractivity contribution in [3.05, 3.63) is 0 Å². The summed E-state index contributed by atoms with van der Waals surface area (Å²) in [6.45, 7) is 2.30. The van der Waals surface area contributed by atoms with Gasteiger partial charge in [0.05, 0.1) is 0 Å². The first kappa shape index (κ1) is 8.31. The molecular weight excluding hydrogens is 127 g/mol. The van der Waals surface area contributed by atoms with Crippen LogP contribution in [0.5, 0.6) is 0 Å². The van der Waals surface area contributed by atoms with Crippen LogP contribution in [0.3, 0.4) is 0 Å². The molecule has 0 radical (unpaired) electrons. The largest absolute Gasteiger partial charge is 0.820 e. The van der Waals surface area contributed by atoms with E-state index in [1.54, 1.807) is 0 Å². The van der Waals surface area contributed by atoms with Gasteiger partial charge >= 0.3 is 0 Å². The van der Waals surface area contributed by atoms with E-state index in [2.05, 4.69) is 4.52 Å². The van der Waals surface area contributed by atoms with Crippen molar-refractivity contribution in [2.24, 2.45) is 0 Å². The molecule has 0 atom stereocenters. The summed E-state index contributed by atoms with van der Waals surface area (Å²) in [4.78, 5) is 19.4. The SMILES string of the molecule is CCCCOP([O-])[O-]. The molecule has 0 aromatic heterocycles. The zero-order valence-electron chi connectivity index (χ0n) is 4.79. The molecule has 0 aliphatic heterocycles. The second kappa shape index (κ2) is 5.45. The van der Waals surface area contributed by atoms with Gasteiger partial charge in [-0.3, -0.25) is 0 Å². The minimum atomic E-state index is -2.61. The minimum Gasteiger partial charge on any atom is -0.820 e. The fourth-order valence-electron chi connectivity index (χ4n) is 0.283. The number of hydrogen-bond acceptors (Lipinski definition) is 3. The van der Waals surface area contributed by atoms with Gasteiger partial charge in [-0.25, -0.2) is 0 Å². The predicted molar refractivity (Wildman–Crippen MR) is 27.8 cm³/mol. The molecule has 0 fully saturated rings. The average molecular weight is 136 g/mol. The third-order valence-corrected chi connectivity index (χ3v) is 1.09. The zero-order valence-corrected chi connectivity index (χ0v) is 5.69. The first-order chi connectivity index (χ1) is 3.77. The van der Waals surface area contributed by atoms with Gasteiger partial charge in [0.25, 0.3) is 0 Å². The summed E-state index contributed by atoms with van der Waals surface area (Å²) in [6.07, 6.45) is 1.77. The Hall–Kier alpha value is 0.310. The predicted octanol–water partition coefficient (Wildman–Crippen LogP) is -0.249. The van der Waals surface area contributed by atoms with E-state index in [1.165, 1.54) is 0 Å². The standard InChI is InChI=1S/C4H9O3P/c1-2-3-4-7-8(5)6/h2-4H2,1H3/q-2. The van der Waals surface area contributed by atoms with Gasteiger partial charge in [-0.1, -0.05) is 13.3 Å². The highest BCUT2D eigenvalue weighted by Crippen LogP contribution is 2.12. The molecule has 8 heavy (non-hydrogen) atoms. The van der Waals surface area contributed by atoms with E-state index >= 15 is 0 Å². The molecule has 0 heterocycles. The second-order valence-corrected chi connectivity index (χ2v) is 2.12. The molecular formula is C4H9O3P-2. The quantitative estimate of drug-likeness (QED) is 0.395. The Bertz CT molecular complexity index is 48.5. The maximum absolute atomic E-state index is 9.69. The molecule has 0 spiro atoms. The Kier molecular flexibility index (Phi) is 5.66. The maximum Gasteiger partial charge on any atom is 0.0476 e. The van der Waals surface area contributed by atoms with E-state index in [0.29, 0.717) is 6.61 Å². The molecule has 0 amide bonds. The summed E-state index contributed by atoms with van der Waals surface area (Å²) in [5.74, 6) is 0. The number of unbranched alkanes of at least 4 members (excludes halogenated alkanes) is 1. The van der Waals surface area contributed by atoms with Crippen molar-refractivity contribution in [3.63, 3.8) is 0 Å². The fraction of sp³-hybridized carbons (Fsp3) is 1.00. The monoisotopic (exact) mass is 136 g/mol. The number of rotatable bonds is 4. The van der Waals surface area contributed by atoms with E-state index in [9.17, 15) is 9.79 Å². The highest BCUT2D eigenvalue weighted by Gasteiger charge is 1.78. The summed E-state index contributed by atoms with van der Waals surface area (Å²) in [5.41, 5.74) is 0. The Balaban J connectivity index is 2.72.